The maximum atomic E-state index is 12.6. The van der Waals surface area contributed by atoms with Crippen LogP contribution in [-0.2, 0) is 9.59 Å². The first kappa shape index (κ1) is 17.5. The minimum absolute atomic E-state index is 0.153. The molecule has 2 amide bonds. The van der Waals surface area contributed by atoms with Crippen molar-refractivity contribution >= 4 is 49.9 Å². The Kier molecular flexibility index (Phi) is 4.49. The average molecular weight is 478 g/mol. The number of carbonyl (C=O) groups is 2. The van der Waals surface area contributed by atoms with Gasteiger partial charge in [0.1, 0.15) is 12.4 Å². The van der Waals surface area contributed by atoms with Gasteiger partial charge in [-0.3, -0.25) is 9.59 Å². The summed E-state index contributed by atoms with van der Waals surface area (Å²) in [5, 5.41) is 5.21. The highest BCUT2D eigenvalue weighted by atomic mass is 79.9. The number of fused-ring (bicyclic) bond motifs is 5. The van der Waals surface area contributed by atoms with Crippen LogP contribution in [0.5, 0.6) is 5.75 Å². The zero-order valence-electron chi connectivity index (χ0n) is 13.6. The van der Waals surface area contributed by atoms with Gasteiger partial charge in [0.05, 0.1) is 27.0 Å². The van der Waals surface area contributed by atoms with E-state index in [1.54, 1.807) is 12.1 Å². The van der Waals surface area contributed by atoms with Gasteiger partial charge >= 0.3 is 0 Å². The predicted octanol–water partition coefficient (Wildman–Crippen LogP) is 3.36. The third kappa shape index (κ3) is 2.72. The summed E-state index contributed by atoms with van der Waals surface area (Å²) >= 11 is 6.86. The van der Waals surface area contributed by atoms with Gasteiger partial charge in [0, 0.05) is 0 Å². The van der Waals surface area contributed by atoms with E-state index in [4.69, 9.17) is 11.2 Å². The van der Waals surface area contributed by atoms with Crippen molar-refractivity contribution in [3.8, 4) is 18.1 Å². The van der Waals surface area contributed by atoms with Crippen LogP contribution in [-0.4, -0.2) is 29.6 Å². The Hall–Kier alpha value is -1.91. The van der Waals surface area contributed by atoms with Crippen LogP contribution in [0, 0.1) is 36.0 Å². The maximum Gasteiger partial charge on any atom is 0.254 e. The van der Waals surface area contributed by atoms with Crippen molar-refractivity contribution in [3.63, 3.8) is 0 Å². The number of carbonyl (C=O) groups excluding carboxylic acids is 2. The molecule has 2 fully saturated rings. The van der Waals surface area contributed by atoms with E-state index >= 15 is 0 Å². The normalized spacial score (nSPS) is 28.9. The third-order valence-electron chi connectivity index (χ3n) is 5.09. The zero-order valence-corrected chi connectivity index (χ0v) is 16.7. The summed E-state index contributed by atoms with van der Waals surface area (Å²) in [4.78, 5) is 25.2. The first-order valence-electron chi connectivity index (χ1n) is 8.16. The number of hydrogen-bond acceptors (Lipinski definition) is 4. The van der Waals surface area contributed by atoms with E-state index in [9.17, 15) is 9.59 Å². The van der Waals surface area contributed by atoms with Gasteiger partial charge in [-0.05, 0) is 67.8 Å². The lowest BCUT2D eigenvalue weighted by Crippen LogP contribution is -2.28. The van der Waals surface area contributed by atoms with E-state index in [0.29, 0.717) is 14.7 Å². The van der Waals surface area contributed by atoms with Crippen molar-refractivity contribution in [1.29, 1.82) is 0 Å². The first-order chi connectivity index (χ1) is 12.5. The summed E-state index contributed by atoms with van der Waals surface area (Å²) in [6.45, 7) is 0.153. The summed E-state index contributed by atoms with van der Waals surface area (Å²) in [7, 11) is 0. The molecule has 0 aromatic heterocycles. The van der Waals surface area contributed by atoms with Gasteiger partial charge in [-0.2, -0.15) is 10.1 Å². The van der Waals surface area contributed by atoms with Crippen molar-refractivity contribution in [2.75, 3.05) is 6.61 Å². The quantitative estimate of drug-likeness (QED) is 0.289. The van der Waals surface area contributed by atoms with E-state index in [1.165, 1.54) is 6.21 Å². The minimum Gasteiger partial charge on any atom is -0.479 e. The molecule has 0 N–H and O–H groups in total. The Morgan fingerprint density at radius 1 is 1.19 bits per heavy atom. The zero-order chi connectivity index (χ0) is 18.4. The molecule has 1 aliphatic heterocycles. The van der Waals surface area contributed by atoms with Crippen LogP contribution >= 0.6 is 31.9 Å². The molecule has 0 radical (unpaired) electrons. The Morgan fingerprint density at radius 2 is 1.77 bits per heavy atom. The highest BCUT2D eigenvalue weighted by Gasteiger charge is 2.59. The molecule has 4 unspecified atom stereocenters. The Balaban J connectivity index is 1.55. The number of ether oxygens (including phenoxy) is 1. The van der Waals surface area contributed by atoms with E-state index in [-0.39, 0.29) is 42.1 Å². The number of rotatable bonds is 4. The molecule has 132 valence electrons. The van der Waals surface area contributed by atoms with Gasteiger partial charge in [-0.1, -0.05) is 18.1 Å². The first-order valence-corrected chi connectivity index (χ1v) is 9.75. The van der Waals surface area contributed by atoms with Crippen LogP contribution in [0.3, 0.4) is 0 Å². The SMILES string of the molecule is C#CCOc1c(Br)cc(C=NN2C(=O)C3C4C=CC(C4)C3C2=O)cc1Br. The molecular formula is C19H14Br2N2O3. The number of allylic oxidation sites excluding steroid dienone is 2. The Bertz CT molecular complexity index is 850. The van der Waals surface area contributed by atoms with Crippen molar-refractivity contribution in [2.45, 2.75) is 6.42 Å². The largest absolute Gasteiger partial charge is 0.479 e. The number of imide groups is 1. The van der Waals surface area contributed by atoms with Crippen LogP contribution in [0.4, 0.5) is 0 Å². The fraction of sp³-hybridized carbons (Fsp3) is 0.316. The molecule has 1 heterocycles. The number of amides is 2. The number of halogens is 2. The molecule has 5 nitrogen and oxygen atoms in total. The fourth-order valence-electron chi connectivity index (χ4n) is 4.03. The van der Waals surface area contributed by atoms with Crippen LogP contribution in [0.15, 0.2) is 38.3 Å². The molecule has 3 aliphatic rings. The number of terminal acetylenes is 1. The molecule has 1 saturated carbocycles. The second-order valence-electron chi connectivity index (χ2n) is 6.54. The van der Waals surface area contributed by atoms with Gasteiger partial charge in [-0.15, -0.1) is 6.42 Å². The molecule has 26 heavy (non-hydrogen) atoms. The van der Waals surface area contributed by atoms with Crippen molar-refractivity contribution in [1.82, 2.24) is 5.01 Å². The van der Waals surface area contributed by atoms with Crippen molar-refractivity contribution in [3.05, 3.63) is 38.8 Å². The molecule has 2 bridgehead atoms. The summed E-state index contributed by atoms with van der Waals surface area (Å²) < 4.78 is 6.86. The molecule has 2 aliphatic carbocycles. The van der Waals surface area contributed by atoms with Crippen LogP contribution in [0.2, 0.25) is 0 Å². The number of hydrazone groups is 1. The average Bonchev–Trinajstić information content (AvgIpc) is 3.27. The second-order valence-corrected chi connectivity index (χ2v) is 8.25. The van der Waals surface area contributed by atoms with Crippen molar-refractivity contribution in [2.24, 2.45) is 28.8 Å². The second kappa shape index (κ2) is 6.67. The van der Waals surface area contributed by atoms with Crippen molar-refractivity contribution < 1.29 is 14.3 Å². The monoisotopic (exact) mass is 476 g/mol. The summed E-state index contributed by atoms with van der Waals surface area (Å²) in [6.07, 6.45) is 11.8. The molecule has 1 aromatic rings. The van der Waals surface area contributed by atoms with Gasteiger partial charge in [-0.25, -0.2) is 0 Å². The fourth-order valence-corrected chi connectivity index (χ4v) is 5.48. The molecule has 1 saturated heterocycles. The van der Waals surface area contributed by atoms with Crippen LogP contribution < -0.4 is 4.74 Å². The summed E-state index contributed by atoms with van der Waals surface area (Å²) in [5.41, 5.74) is 0.718. The molecule has 1 aromatic carbocycles. The van der Waals surface area contributed by atoms with Gasteiger partial charge in [0.2, 0.25) is 0 Å². The Morgan fingerprint density at radius 3 is 2.31 bits per heavy atom. The van der Waals surface area contributed by atoms with Gasteiger partial charge in [0.25, 0.3) is 11.8 Å². The molecular weight excluding hydrogens is 464 g/mol. The smallest absolute Gasteiger partial charge is 0.254 e. The molecule has 4 atom stereocenters. The standard InChI is InChI=1S/C19H14Br2N2O3/c1-2-5-26-17-13(20)6-10(7-14(17)21)9-22-23-18(24)15-11-3-4-12(8-11)16(15)19(23)25/h1,3-4,6-7,9,11-12,15-16H,5,8H2. The van der Waals surface area contributed by atoms with Gasteiger partial charge < -0.3 is 4.74 Å². The van der Waals surface area contributed by atoms with Crippen LogP contribution in [0.25, 0.3) is 0 Å². The number of benzene rings is 1. The summed E-state index contributed by atoms with van der Waals surface area (Å²) in [6, 6.07) is 3.58. The minimum atomic E-state index is -0.243. The van der Waals surface area contributed by atoms with E-state index in [1.807, 2.05) is 0 Å². The lowest BCUT2D eigenvalue weighted by Gasteiger charge is -2.13. The van der Waals surface area contributed by atoms with Crippen LogP contribution in [0.1, 0.15) is 12.0 Å². The van der Waals surface area contributed by atoms with E-state index < -0.39 is 0 Å². The maximum absolute atomic E-state index is 12.6. The highest BCUT2D eigenvalue weighted by molar-refractivity contribution is 9.11. The Labute approximate surface area is 167 Å². The highest BCUT2D eigenvalue weighted by Crippen LogP contribution is 2.52. The lowest BCUT2D eigenvalue weighted by atomic mass is 9.85. The van der Waals surface area contributed by atoms with Gasteiger partial charge in [0.15, 0.2) is 0 Å². The number of hydrogen-bond donors (Lipinski definition) is 0. The predicted molar refractivity (Wildman–Crippen MR) is 103 cm³/mol. The summed E-state index contributed by atoms with van der Waals surface area (Å²) in [5.74, 6) is 2.48. The van der Waals surface area contributed by atoms with E-state index in [0.717, 1.165) is 17.0 Å². The van der Waals surface area contributed by atoms with E-state index in [2.05, 4.69) is 55.0 Å². The molecule has 4 rings (SSSR count). The molecule has 7 heteroatoms. The third-order valence-corrected chi connectivity index (χ3v) is 6.27. The lowest BCUT2D eigenvalue weighted by molar-refractivity contribution is -0.140. The number of nitrogens with zero attached hydrogens (tertiary/aromatic N) is 2. The molecule has 0 spiro atoms. The topological polar surface area (TPSA) is 59.0 Å².